The van der Waals surface area contributed by atoms with E-state index in [-0.39, 0.29) is 6.04 Å². The Balaban J connectivity index is 1.84. The Hall–Kier alpha value is -1.82. The molecule has 2 aromatic rings. The van der Waals surface area contributed by atoms with Crippen LogP contribution in [0.15, 0.2) is 23.1 Å². The molecule has 3 rings (SSSR count). The van der Waals surface area contributed by atoms with Gasteiger partial charge in [-0.15, -0.1) is 0 Å². The van der Waals surface area contributed by atoms with Crippen LogP contribution in [0.2, 0.25) is 0 Å². The molecule has 6 heteroatoms. The van der Waals surface area contributed by atoms with E-state index in [2.05, 4.69) is 20.1 Å². The molecule has 0 bridgehead atoms. The average Bonchev–Trinajstić information content (AvgIpc) is 2.98. The molecule has 0 saturated heterocycles. The molecule has 2 N–H and O–H groups in total. The lowest BCUT2D eigenvalue weighted by Gasteiger charge is -2.01. The van der Waals surface area contributed by atoms with Crippen LogP contribution in [-0.4, -0.2) is 26.2 Å². The lowest BCUT2D eigenvalue weighted by atomic mass is 10.1. The number of rotatable bonds is 2. The van der Waals surface area contributed by atoms with E-state index in [0.29, 0.717) is 23.3 Å². The van der Waals surface area contributed by atoms with Crippen molar-refractivity contribution in [2.45, 2.75) is 31.2 Å². The fourth-order valence-electron chi connectivity index (χ4n) is 2.16. The second-order valence-electron chi connectivity index (χ2n) is 4.32. The van der Waals surface area contributed by atoms with Crippen LogP contribution in [0, 0.1) is 0 Å². The highest BCUT2D eigenvalue weighted by atomic mass is 16.5. The highest BCUT2D eigenvalue weighted by molar-refractivity contribution is 5.45. The van der Waals surface area contributed by atoms with Gasteiger partial charge in [-0.25, -0.2) is 4.98 Å². The topological polar surface area (TPSA) is 90.7 Å². The molecule has 0 radical (unpaired) electrons. The molecule has 88 valence electrons. The first kappa shape index (κ1) is 10.3. The highest BCUT2D eigenvalue weighted by Crippen LogP contribution is 2.33. The summed E-state index contributed by atoms with van der Waals surface area (Å²) >= 11 is 0. The van der Waals surface area contributed by atoms with Gasteiger partial charge in [0.05, 0.1) is 6.20 Å². The lowest BCUT2D eigenvalue weighted by molar-refractivity contribution is 0.353. The Morgan fingerprint density at radius 2 is 2.24 bits per heavy atom. The van der Waals surface area contributed by atoms with Gasteiger partial charge in [0.25, 0.3) is 0 Å². The van der Waals surface area contributed by atoms with Crippen molar-refractivity contribution < 1.29 is 4.52 Å². The quantitative estimate of drug-likeness (QED) is 0.832. The van der Waals surface area contributed by atoms with Crippen LogP contribution in [0.1, 0.15) is 31.1 Å². The zero-order chi connectivity index (χ0) is 11.7. The molecule has 0 aliphatic heterocycles. The van der Waals surface area contributed by atoms with E-state index in [0.717, 1.165) is 19.3 Å². The molecule has 1 aliphatic carbocycles. The van der Waals surface area contributed by atoms with Gasteiger partial charge in [-0.3, -0.25) is 4.98 Å². The first-order valence-corrected chi connectivity index (χ1v) is 5.68. The maximum atomic E-state index is 5.87. The highest BCUT2D eigenvalue weighted by Gasteiger charge is 2.28. The molecule has 1 fully saturated rings. The molecule has 0 spiro atoms. The summed E-state index contributed by atoms with van der Waals surface area (Å²) in [4.78, 5) is 12.5. The molecular formula is C11H13N5O. The fraction of sp³-hybridized carbons (Fsp3) is 0.455. The van der Waals surface area contributed by atoms with Crippen LogP contribution >= 0.6 is 0 Å². The zero-order valence-electron chi connectivity index (χ0n) is 9.28. The first-order valence-electron chi connectivity index (χ1n) is 5.68. The largest absolute Gasteiger partial charge is 0.339 e. The van der Waals surface area contributed by atoms with E-state index in [9.17, 15) is 0 Å². The van der Waals surface area contributed by atoms with Gasteiger partial charge in [0, 0.05) is 24.4 Å². The van der Waals surface area contributed by atoms with Crippen LogP contribution in [-0.2, 0) is 0 Å². The van der Waals surface area contributed by atoms with E-state index < -0.39 is 0 Å². The second-order valence-corrected chi connectivity index (χ2v) is 4.32. The summed E-state index contributed by atoms with van der Waals surface area (Å²) in [6.07, 6.45) is 7.80. The minimum atomic E-state index is 0.256. The van der Waals surface area contributed by atoms with E-state index in [4.69, 9.17) is 10.3 Å². The van der Waals surface area contributed by atoms with E-state index in [1.807, 2.05) is 0 Å². The predicted octanol–water partition coefficient (Wildman–Crippen LogP) is 1.12. The number of hydrogen-bond acceptors (Lipinski definition) is 6. The van der Waals surface area contributed by atoms with Gasteiger partial charge in [0.15, 0.2) is 0 Å². The van der Waals surface area contributed by atoms with E-state index in [1.54, 1.807) is 18.6 Å². The molecule has 1 aliphatic rings. The van der Waals surface area contributed by atoms with Crippen molar-refractivity contribution in [2.24, 2.45) is 5.73 Å². The van der Waals surface area contributed by atoms with Crippen molar-refractivity contribution in [3.05, 3.63) is 24.5 Å². The molecule has 0 amide bonds. The van der Waals surface area contributed by atoms with Crippen molar-refractivity contribution in [2.75, 3.05) is 0 Å². The molecule has 6 nitrogen and oxygen atoms in total. The fourth-order valence-corrected chi connectivity index (χ4v) is 2.16. The standard InChI is InChI=1S/C11H13N5O/c12-8-2-1-7(5-8)11-15-10(16-17-11)9-6-13-3-4-14-9/h3-4,6-8H,1-2,5,12H2/t7-,8+/m1/s1. The number of nitrogens with zero attached hydrogens (tertiary/aromatic N) is 4. The normalized spacial score (nSPS) is 24.1. The lowest BCUT2D eigenvalue weighted by Crippen LogP contribution is -2.14. The zero-order valence-corrected chi connectivity index (χ0v) is 9.28. The Bertz CT molecular complexity index is 498. The maximum Gasteiger partial charge on any atom is 0.230 e. The Morgan fingerprint density at radius 3 is 2.94 bits per heavy atom. The summed E-state index contributed by atoms with van der Waals surface area (Å²) < 4.78 is 5.27. The third-order valence-corrected chi connectivity index (χ3v) is 3.06. The Morgan fingerprint density at radius 1 is 1.29 bits per heavy atom. The third-order valence-electron chi connectivity index (χ3n) is 3.06. The molecule has 17 heavy (non-hydrogen) atoms. The van der Waals surface area contributed by atoms with Crippen molar-refractivity contribution >= 4 is 0 Å². The van der Waals surface area contributed by atoms with E-state index in [1.165, 1.54) is 0 Å². The number of nitrogens with two attached hydrogens (primary N) is 1. The molecule has 2 heterocycles. The molecular weight excluding hydrogens is 218 g/mol. The third kappa shape index (κ3) is 2.03. The average molecular weight is 231 g/mol. The van der Waals surface area contributed by atoms with Crippen LogP contribution in [0.5, 0.6) is 0 Å². The summed E-state index contributed by atoms with van der Waals surface area (Å²) in [6, 6.07) is 0.256. The minimum absolute atomic E-state index is 0.256. The summed E-state index contributed by atoms with van der Waals surface area (Å²) in [5, 5.41) is 3.93. The van der Waals surface area contributed by atoms with Crippen LogP contribution in [0.4, 0.5) is 0 Å². The molecule has 0 aromatic carbocycles. The van der Waals surface area contributed by atoms with Gasteiger partial charge in [-0.05, 0) is 19.3 Å². The number of aromatic nitrogens is 4. The summed E-state index contributed by atoms with van der Waals surface area (Å²) in [5.74, 6) is 1.45. The van der Waals surface area contributed by atoms with Crippen LogP contribution < -0.4 is 5.73 Å². The van der Waals surface area contributed by atoms with E-state index >= 15 is 0 Å². The second kappa shape index (κ2) is 4.21. The van der Waals surface area contributed by atoms with Gasteiger partial charge < -0.3 is 10.3 Å². The van der Waals surface area contributed by atoms with Crippen LogP contribution in [0.3, 0.4) is 0 Å². The monoisotopic (exact) mass is 231 g/mol. The molecule has 1 saturated carbocycles. The van der Waals surface area contributed by atoms with Crippen molar-refractivity contribution in [3.63, 3.8) is 0 Å². The van der Waals surface area contributed by atoms with Gasteiger partial charge in [0.1, 0.15) is 5.69 Å². The maximum absolute atomic E-state index is 5.87. The molecule has 2 aromatic heterocycles. The summed E-state index contributed by atoms with van der Waals surface area (Å²) in [7, 11) is 0. The van der Waals surface area contributed by atoms with Crippen molar-refractivity contribution in [1.82, 2.24) is 20.1 Å². The van der Waals surface area contributed by atoms with Gasteiger partial charge in [-0.1, -0.05) is 5.16 Å². The summed E-state index contributed by atoms with van der Waals surface area (Å²) in [6.45, 7) is 0. The van der Waals surface area contributed by atoms with Gasteiger partial charge in [-0.2, -0.15) is 4.98 Å². The van der Waals surface area contributed by atoms with Crippen molar-refractivity contribution in [3.8, 4) is 11.5 Å². The van der Waals surface area contributed by atoms with Crippen LogP contribution in [0.25, 0.3) is 11.5 Å². The summed E-state index contributed by atoms with van der Waals surface area (Å²) in [5.41, 5.74) is 6.50. The number of hydrogen-bond donors (Lipinski definition) is 1. The molecule has 0 unspecified atom stereocenters. The first-order chi connectivity index (χ1) is 8.33. The minimum Gasteiger partial charge on any atom is -0.339 e. The Labute approximate surface area is 98.3 Å². The van der Waals surface area contributed by atoms with Gasteiger partial charge in [0.2, 0.25) is 11.7 Å². The Kier molecular flexibility index (Phi) is 2.56. The SMILES string of the molecule is N[C@H]1CC[C@@H](c2nc(-c3cnccn3)no2)C1. The predicted molar refractivity (Wildman–Crippen MR) is 59.9 cm³/mol. The van der Waals surface area contributed by atoms with Gasteiger partial charge >= 0.3 is 0 Å². The molecule has 2 atom stereocenters. The smallest absolute Gasteiger partial charge is 0.230 e. The van der Waals surface area contributed by atoms with Crippen molar-refractivity contribution in [1.29, 1.82) is 0 Å².